The van der Waals surface area contributed by atoms with Gasteiger partial charge in [0.15, 0.2) is 0 Å². The minimum Gasteiger partial charge on any atom is -0.381 e. The summed E-state index contributed by atoms with van der Waals surface area (Å²) in [5, 5.41) is 7.35. The highest BCUT2D eigenvalue weighted by atomic mass is 16.5. The number of rotatable bonds is 7. The fourth-order valence-corrected chi connectivity index (χ4v) is 4.17. The van der Waals surface area contributed by atoms with E-state index >= 15 is 0 Å². The van der Waals surface area contributed by atoms with Gasteiger partial charge in [0.25, 0.3) is 5.91 Å². The molecular formula is C23H28N4O4. The number of ketones is 1. The van der Waals surface area contributed by atoms with Crippen LogP contribution in [-0.2, 0) is 25.5 Å². The summed E-state index contributed by atoms with van der Waals surface area (Å²) in [5.41, 5.74) is 1.06. The highest BCUT2D eigenvalue weighted by molar-refractivity contribution is 6.36. The second-order valence-electron chi connectivity index (χ2n) is 8.14. The van der Waals surface area contributed by atoms with Gasteiger partial charge in [-0.3, -0.25) is 14.4 Å². The summed E-state index contributed by atoms with van der Waals surface area (Å²) in [5.74, 6) is -0.237. The van der Waals surface area contributed by atoms with E-state index in [4.69, 9.17) is 4.74 Å². The number of anilines is 1. The molecular weight excluding hydrogens is 396 g/mol. The van der Waals surface area contributed by atoms with Gasteiger partial charge in [-0.25, -0.2) is 4.68 Å². The fourth-order valence-electron chi connectivity index (χ4n) is 4.17. The van der Waals surface area contributed by atoms with Crippen molar-refractivity contribution in [2.75, 3.05) is 31.6 Å². The molecule has 4 rings (SSSR count). The summed E-state index contributed by atoms with van der Waals surface area (Å²) >= 11 is 0. The fraction of sp³-hybridized carbons (Fsp3) is 0.478. The van der Waals surface area contributed by atoms with Crippen LogP contribution in [0.4, 0.5) is 5.82 Å². The van der Waals surface area contributed by atoms with Crippen LogP contribution in [0.15, 0.2) is 42.6 Å². The normalized spacial score (nSPS) is 19.4. The molecule has 31 heavy (non-hydrogen) atoms. The zero-order valence-electron chi connectivity index (χ0n) is 17.5. The van der Waals surface area contributed by atoms with Crippen molar-refractivity contribution in [3.05, 3.63) is 48.2 Å². The van der Waals surface area contributed by atoms with Gasteiger partial charge in [-0.1, -0.05) is 30.3 Å². The number of aromatic nitrogens is 2. The smallest absolute Gasteiger partial charge is 0.289 e. The van der Waals surface area contributed by atoms with E-state index in [2.05, 4.69) is 10.4 Å². The molecule has 1 unspecified atom stereocenters. The van der Waals surface area contributed by atoms with Gasteiger partial charge in [-0.15, -0.1) is 0 Å². The maximum Gasteiger partial charge on any atom is 0.289 e. The molecule has 0 aliphatic carbocycles. The van der Waals surface area contributed by atoms with Crippen molar-refractivity contribution in [3.8, 4) is 0 Å². The van der Waals surface area contributed by atoms with Crippen LogP contribution in [0, 0.1) is 5.92 Å². The SMILES string of the molecule is O=C(CCc1ccccc1)C(=O)N1CCC(n2nccc2NC(=O)C2CCOC2)CC1. The number of Topliss-reactive ketones (excluding diaryl/α,β-unsaturated/α-hetero) is 1. The number of aryl methyl sites for hydroxylation is 1. The Morgan fingerprint density at radius 3 is 2.55 bits per heavy atom. The van der Waals surface area contributed by atoms with E-state index in [1.54, 1.807) is 17.2 Å². The summed E-state index contributed by atoms with van der Waals surface area (Å²) in [7, 11) is 0. The number of benzene rings is 1. The van der Waals surface area contributed by atoms with Crippen molar-refractivity contribution in [2.24, 2.45) is 5.92 Å². The van der Waals surface area contributed by atoms with E-state index in [0.717, 1.165) is 12.0 Å². The molecule has 8 nitrogen and oxygen atoms in total. The first-order chi connectivity index (χ1) is 15.1. The number of hydrogen-bond acceptors (Lipinski definition) is 5. The lowest BCUT2D eigenvalue weighted by molar-refractivity contribution is -0.145. The highest BCUT2D eigenvalue weighted by Crippen LogP contribution is 2.26. The monoisotopic (exact) mass is 424 g/mol. The van der Waals surface area contributed by atoms with Gasteiger partial charge in [0.05, 0.1) is 24.8 Å². The molecule has 0 bridgehead atoms. The predicted octanol–water partition coefficient (Wildman–Crippen LogP) is 2.22. The number of piperidine rings is 1. The van der Waals surface area contributed by atoms with E-state index in [1.165, 1.54) is 0 Å². The molecule has 8 heteroatoms. The molecule has 1 aromatic carbocycles. The number of nitrogens with one attached hydrogen (secondary N) is 1. The summed E-state index contributed by atoms with van der Waals surface area (Å²) in [6.07, 6.45) is 4.58. The molecule has 164 valence electrons. The lowest BCUT2D eigenvalue weighted by Crippen LogP contribution is -2.42. The molecule has 1 atom stereocenters. The predicted molar refractivity (Wildman–Crippen MR) is 114 cm³/mol. The molecule has 1 aromatic heterocycles. The van der Waals surface area contributed by atoms with Crippen LogP contribution in [0.2, 0.25) is 0 Å². The molecule has 0 radical (unpaired) electrons. The van der Waals surface area contributed by atoms with Crippen LogP contribution in [0.25, 0.3) is 0 Å². The Kier molecular flexibility index (Phi) is 6.76. The van der Waals surface area contributed by atoms with Gasteiger partial charge < -0.3 is 15.0 Å². The van der Waals surface area contributed by atoms with Crippen molar-refractivity contribution >= 4 is 23.4 Å². The van der Waals surface area contributed by atoms with E-state index in [0.29, 0.717) is 51.4 Å². The average molecular weight is 425 g/mol. The van der Waals surface area contributed by atoms with Crippen LogP contribution in [-0.4, -0.2) is 58.6 Å². The Bertz CT molecular complexity index is 913. The van der Waals surface area contributed by atoms with Crippen molar-refractivity contribution in [2.45, 2.75) is 38.1 Å². The molecule has 3 heterocycles. The van der Waals surface area contributed by atoms with Crippen LogP contribution in [0.1, 0.15) is 37.3 Å². The highest BCUT2D eigenvalue weighted by Gasteiger charge is 2.29. The van der Waals surface area contributed by atoms with Crippen molar-refractivity contribution in [3.63, 3.8) is 0 Å². The van der Waals surface area contributed by atoms with Crippen LogP contribution in [0.3, 0.4) is 0 Å². The Balaban J connectivity index is 1.28. The quantitative estimate of drug-likeness (QED) is 0.688. The molecule has 0 spiro atoms. The zero-order valence-corrected chi connectivity index (χ0v) is 17.5. The lowest BCUT2D eigenvalue weighted by atomic mass is 10.0. The van der Waals surface area contributed by atoms with Gasteiger partial charge in [0, 0.05) is 32.2 Å². The van der Waals surface area contributed by atoms with Gasteiger partial charge >= 0.3 is 0 Å². The minimum atomic E-state index is -0.399. The Labute approximate surface area is 181 Å². The first kappa shape index (κ1) is 21.2. The molecule has 2 aromatic rings. The molecule has 2 aliphatic heterocycles. The van der Waals surface area contributed by atoms with Crippen LogP contribution in [0.5, 0.6) is 0 Å². The largest absolute Gasteiger partial charge is 0.381 e. The van der Waals surface area contributed by atoms with Gasteiger partial charge in [-0.2, -0.15) is 5.10 Å². The number of carbonyl (C=O) groups excluding carboxylic acids is 3. The maximum absolute atomic E-state index is 12.6. The molecule has 2 aliphatic rings. The number of amides is 2. The van der Waals surface area contributed by atoms with Crippen LogP contribution < -0.4 is 5.32 Å². The standard InChI is InChI=1S/C23H28N4O4/c28-20(7-6-17-4-2-1-3-5-17)23(30)26-13-9-19(10-14-26)27-21(8-12-24-27)25-22(29)18-11-15-31-16-18/h1-5,8,12,18-19H,6-7,9-11,13-16H2,(H,25,29). The third-order valence-electron chi connectivity index (χ3n) is 6.04. The number of ether oxygens (including phenoxy) is 1. The lowest BCUT2D eigenvalue weighted by Gasteiger charge is -2.32. The molecule has 2 saturated heterocycles. The first-order valence-electron chi connectivity index (χ1n) is 10.9. The minimum absolute atomic E-state index is 0.0455. The van der Waals surface area contributed by atoms with E-state index in [9.17, 15) is 14.4 Å². The summed E-state index contributed by atoms with van der Waals surface area (Å²) in [4.78, 5) is 39.0. The number of carbonyl (C=O) groups is 3. The molecule has 1 N–H and O–H groups in total. The van der Waals surface area contributed by atoms with Crippen molar-refractivity contribution < 1.29 is 19.1 Å². The Hall–Kier alpha value is -3.00. The molecule has 2 amide bonds. The van der Waals surface area contributed by atoms with Gasteiger partial charge in [-0.05, 0) is 31.2 Å². The molecule has 2 fully saturated rings. The first-order valence-corrected chi connectivity index (χ1v) is 10.9. The third kappa shape index (κ3) is 5.19. The van der Waals surface area contributed by atoms with Crippen LogP contribution >= 0.6 is 0 Å². The van der Waals surface area contributed by atoms with Crippen molar-refractivity contribution in [1.29, 1.82) is 0 Å². The average Bonchev–Trinajstić information content (AvgIpc) is 3.50. The Morgan fingerprint density at radius 2 is 1.84 bits per heavy atom. The summed E-state index contributed by atoms with van der Waals surface area (Å²) in [6, 6.07) is 11.6. The van der Waals surface area contributed by atoms with Gasteiger partial charge in [0.1, 0.15) is 5.82 Å². The second kappa shape index (κ2) is 9.87. The van der Waals surface area contributed by atoms with Crippen molar-refractivity contribution in [1.82, 2.24) is 14.7 Å². The molecule has 0 saturated carbocycles. The van der Waals surface area contributed by atoms with E-state index in [-0.39, 0.29) is 30.1 Å². The summed E-state index contributed by atoms with van der Waals surface area (Å²) < 4.78 is 7.12. The number of nitrogens with zero attached hydrogens (tertiary/aromatic N) is 3. The third-order valence-corrected chi connectivity index (χ3v) is 6.04. The second-order valence-corrected chi connectivity index (χ2v) is 8.14. The summed E-state index contributed by atoms with van der Waals surface area (Å²) in [6.45, 7) is 2.08. The van der Waals surface area contributed by atoms with E-state index < -0.39 is 5.91 Å². The maximum atomic E-state index is 12.6. The Morgan fingerprint density at radius 1 is 1.06 bits per heavy atom. The van der Waals surface area contributed by atoms with Gasteiger partial charge in [0.2, 0.25) is 11.7 Å². The topological polar surface area (TPSA) is 93.5 Å². The number of likely N-dealkylation sites (tertiary alicyclic amines) is 1. The number of hydrogen-bond donors (Lipinski definition) is 1. The van der Waals surface area contributed by atoms with E-state index in [1.807, 2.05) is 35.0 Å². The zero-order chi connectivity index (χ0) is 21.6.